The second kappa shape index (κ2) is 9.79. The number of benzene rings is 2. The van der Waals surface area contributed by atoms with Crippen LogP contribution in [0.2, 0.25) is 0 Å². The average molecular weight is 447 g/mol. The molecule has 0 bridgehead atoms. The van der Waals surface area contributed by atoms with Crippen LogP contribution in [0.5, 0.6) is 0 Å². The molecule has 2 aliphatic heterocycles. The topological polar surface area (TPSA) is 47.1 Å². The Kier molecular flexibility index (Phi) is 6.84. The summed E-state index contributed by atoms with van der Waals surface area (Å²) in [5.74, 6) is -0.493. The van der Waals surface area contributed by atoms with Crippen LogP contribution in [0, 0.1) is 0 Å². The van der Waals surface area contributed by atoms with E-state index in [1.807, 2.05) is 61.6 Å². The molecule has 174 valence electrons. The van der Waals surface area contributed by atoms with E-state index in [1.54, 1.807) is 0 Å². The number of carbonyl (C=O) groups is 2. The van der Waals surface area contributed by atoms with Gasteiger partial charge in [0.25, 0.3) is 11.8 Å². The summed E-state index contributed by atoms with van der Waals surface area (Å²) in [6, 6.07) is 17.5. The largest absolute Gasteiger partial charge is 0.372 e. The number of hydrogen-bond donors (Lipinski definition) is 0. The Morgan fingerprint density at radius 3 is 2.06 bits per heavy atom. The lowest BCUT2D eigenvalue weighted by molar-refractivity contribution is -0.120. The molecular weight excluding hydrogens is 412 g/mol. The molecule has 4 rings (SSSR count). The number of nitrogens with zero attached hydrogens (tertiary/aromatic N) is 4. The molecular formula is C27H34N4O2. The second-order valence-electron chi connectivity index (χ2n) is 8.87. The molecule has 2 aromatic rings. The lowest BCUT2D eigenvalue weighted by atomic mass is 10.0. The van der Waals surface area contributed by atoms with Crippen molar-refractivity contribution in [1.29, 1.82) is 0 Å². The van der Waals surface area contributed by atoms with Gasteiger partial charge in [-0.25, -0.2) is 4.90 Å². The zero-order valence-electron chi connectivity index (χ0n) is 20.1. The lowest BCUT2D eigenvalue weighted by Crippen LogP contribution is -2.43. The summed E-state index contributed by atoms with van der Waals surface area (Å²) in [7, 11) is 4.09. The van der Waals surface area contributed by atoms with E-state index in [-0.39, 0.29) is 17.9 Å². The molecule has 2 aromatic carbocycles. The van der Waals surface area contributed by atoms with Gasteiger partial charge in [-0.05, 0) is 76.7 Å². The van der Waals surface area contributed by atoms with Crippen molar-refractivity contribution < 1.29 is 9.59 Å². The highest BCUT2D eigenvalue weighted by atomic mass is 16.2. The van der Waals surface area contributed by atoms with E-state index < -0.39 is 0 Å². The molecule has 0 aromatic heterocycles. The standard InChI is InChI=1S/C27H34N4O2/c1-5-30(6-2)22-12-14-23(15-13-22)31-26(32)24(20-10-8-7-9-11-20)25(27(31)33)29(4)21-16-18-28(3)19-17-21/h7-15,21H,5-6,16-19H2,1-4H3. The Labute approximate surface area is 197 Å². The number of likely N-dealkylation sites (tertiary alicyclic amines) is 1. The van der Waals surface area contributed by atoms with Crippen molar-refractivity contribution in [2.24, 2.45) is 0 Å². The van der Waals surface area contributed by atoms with Gasteiger partial charge in [-0.1, -0.05) is 30.3 Å². The van der Waals surface area contributed by atoms with E-state index in [9.17, 15) is 9.59 Å². The summed E-state index contributed by atoms with van der Waals surface area (Å²) in [6.07, 6.45) is 1.94. The van der Waals surface area contributed by atoms with E-state index in [1.165, 1.54) is 4.90 Å². The van der Waals surface area contributed by atoms with E-state index in [0.29, 0.717) is 17.0 Å². The maximum Gasteiger partial charge on any atom is 0.282 e. The molecule has 0 N–H and O–H groups in total. The van der Waals surface area contributed by atoms with Crippen molar-refractivity contribution in [3.8, 4) is 0 Å². The molecule has 0 spiro atoms. The number of anilines is 2. The van der Waals surface area contributed by atoms with Gasteiger partial charge >= 0.3 is 0 Å². The van der Waals surface area contributed by atoms with Gasteiger partial charge in [0.05, 0.1) is 11.3 Å². The number of carbonyl (C=O) groups excluding carboxylic acids is 2. The molecule has 2 aliphatic rings. The Morgan fingerprint density at radius 1 is 0.879 bits per heavy atom. The summed E-state index contributed by atoms with van der Waals surface area (Å²) >= 11 is 0. The van der Waals surface area contributed by atoms with Crippen LogP contribution in [0.4, 0.5) is 11.4 Å². The highest BCUT2D eigenvalue weighted by Gasteiger charge is 2.43. The van der Waals surface area contributed by atoms with Gasteiger partial charge < -0.3 is 14.7 Å². The van der Waals surface area contributed by atoms with Crippen LogP contribution in [0.25, 0.3) is 5.57 Å². The van der Waals surface area contributed by atoms with Crippen molar-refractivity contribution in [3.63, 3.8) is 0 Å². The number of rotatable bonds is 7. The maximum absolute atomic E-state index is 13.8. The molecule has 0 radical (unpaired) electrons. The maximum atomic E-state index is 13.8. The first-order chi connectivity index (χ1) is 16.0. The fraction of sp³-hybridized carbons (Fsp3) is 0.407. The summed E-state index contributed by atoms with van der Waals surface area (Å²) in [5.41, 5.74) is 3.49. The number of hydrogen-bond acceptors (Lipinski definition) is 5. The predicted octanol–water partition coefficient (Wildman–Crippen LogP) is 3.84. The molecule has 2 amide bonds. The van der Waals surface area contributed by atoms with Crippen LogP contribution in [-0.2, 0) is 9.59 Å². The molecule has 6 heteroatoms. The first kappa shape index (κ1) is 23.1. The number of piperidine rings is 1. The number of amides is 2. The SMILES string of the molecule is CCN(CC)c1ccc(N2C(=O)C(c3ccccc3)=C(N(C)C3CCN(C)CC3)C2=O)cc1. The molecule has 0 saturated carbocycles. The normalized spacial score (nSPS) is 17.8. The predicted molar refractivity (Wildman–Crippen MR) is 134 cm³/mol. The van der Waals surface area contributed by atoms with Gasteiger partial charge in [0, 0.05) is 31.9 Å². The van der Waals surface area contributed by atoms with Gasteiger partial charge in [-0.15, -0.1) is 0 Å². The van der Waals surface area contributed by atoms with E-state index in [4.69, 9.17) is 0 Å². The lowest BCUT2D eigenvalue weighted by Gasteiger charge is -2.36. The van der Waals surface area contributed by atoms with Crippen molar-refractivity contribution in [2.75, 3.05) is 50.1 Å². The van der Waals surface area contributed by atoms with E-state index in [2.05, 4.69) is 35.6 Å². The fourth-order valence-corrected chi connectivity index (χ4v) is 4.91. The zero-order chi connectivity index (χ0) is 23.5. The zero-order valence-corrected chi connectivity index (χ0v) is 20.1. The molecule has 1 saturated heterocycles. The van der Waals surface area contributed by atoms with Gasteiger partial charge in [0.15, 0.2) is 0 Å². The Hall–Kier alpha value is -3.12. The monoisotopic (exact) mass is 446 g/mol. The van der Waals surface area contributed by atoms with Crippen LogP contribution in [-0.4, -0.2) is 67.9 Å². The number of imide groups is 1. The van der Waals surface area contributed by atoms with Crippen LogP contribution in [0.3, 0.4) is 0 Å². The summed E-state index contributed by atoms with van der Waals surface area (Å²) in [4.78, 5) is 35.4. The minimum Gasteiger partial charge on any atom is -0.372 e. The Balaban J connectivity index is 1.71. The average Bonchev–Trinajstić information content (AvgIpc) is 3.11. The molecule has 2 heterocycles. The molecule has 33 heavy (non-hydrogen) atoms. The highest BCUT2D eigenvalue weighted by molar-refractivity contribution is 6.45. The minimum atomic E-state index is -0.253. The third kappa shape index (κ3) is 4.40. The van der Waals surface area contributed by atoms with Crippen molar-refractivity contribution in [1.82, 2.24) is 9.80 Å². The fourth-order valence-electron chi connectivity index (χ4n) is 4.91. The Morgan fingerprint density at radius 2 is 1.48 bits per heavy atom. The molecule has 1 fully saturated rings. The highest BCUT2D eigenvalue weighted by Crippen LogP contribution is 2.36. The van der Waals surface area contributed by atoms with Crippen LogP contribution in [0.1, 0.15) is 32.3 Å². The van der Waals surface area contributed by atoms with Crippen molar-refractivity contribution in [2.45, 2.75) is 32.7 Å². The van der Waals surface area contributed by atoms with Crippen LogP contribution < -0.4 is 9.80 Å². The summed E-state index contributed by atoms with van der Waals surface area (Å²) in [5, 5.41) is 0. The third-order valence-corrected chi connectivity index (χ3v) is 6.95. The van der Waals surface area contributed by atoms with E-state index >= 15 is 0 Å². The molecule has 0 atom stereocenters. The summed E-state index contributed by atoms with van der Waals surface area (Å²) < 4.78 is 0. The van der Waals surface area contributed by atoms with Crippen molar-refractivity contribution >= 4 is 28.8 Å². The Bertz CT molecular complexity index is 1020. The third-order valence-electron chi connectivity index (χ3n) is 6.95. The molecule has 0 aliphatic carbocycles. The van der Waals surface area contributed by atoms with Crippen LogP contribution in [0.15, 0.2) is 60.3 Å². The van der Waals surface area contributed by atoms with Gasteiger partial charge in [0.1, 0.15) is 5.70 Å². The van der Waals surface area contributed by atoms with Gasteiger partial charge in [0.2, 0.25) is 0 Å². The van der Waals surface area contributed by atoms with Gasteiger partial charge in [-0.2, -0.15) is 0 Å². The summed E-state index contributed by atoms with van der Waals surface area (Å²) in [6.45, 7) is 8.02. The smallest absolute Gasteiger partial charge is 0.282 e. The second-order valence-corrected chi connectivity index (χ2v) is 8.87. The first-order valence-electron chi connectivity index (χ1n) is 11.9. The van der Waals surface area contributed by atoms with Gasteiger partial charge in [-0.3, -0.25) is 9.59 Å². The van der Waals surface area contributed by atoms with Crippen LogP contribution >= 0.6 is 0 Å². The minimum absolute atomic E-state index is 0.233. The quantitative estimate of drug-likeness (QED) is 0.605. The first-order valence-corrected chi connectivity index (χ1v) is 11.9. The number of likely N-dealkylation sites (N-methyl/N-ethyl adjacent to an activating group) is 1. The van der Waals surface area contributed by atoms with Crippen molar-refractivity contribution in [3.05, 3.63) is 65.9 Å². The van der Waals surface area contributed by atoms with E-state index in [0.717, 1.165) is 50.3 Å². The molecule has 0 unspecified atom stereocenters. The molecule has 6 nitrogen and oxygen atoms in total.